The Morgan fingerprint density at radius 1 is 1.24 bits per heavy atom. The predicted octanol–water partition coefficient (Wildman–Crippen LogP) is 3.04. The van der Waals surface area contributed by atoms with Gasteiger partial charge in [0, 0.05) is 12.6 Å². The lowest BCUT2D eigenvalue weighted by Crippen LogP contribution is -2.34. The van der Waals surface area contributed by atoms with Crippen molar-refractivity contribution in [2.75, 3.05) is 19.6 Å². The molecule has 0 radical (unpaired) electrons. The van der Waals surface area contributed by atoms with Crippen LogP contribution in [0.5, 0.6) is 0 Å². The third-order valence-corrected chi connectivity index (χ3v) is 3.59. The molecule has 0 saturated carbocycles. The van der Waals surface area contributed by atoms with E-state index in [-0.39, 0.29) is 0 Å². The molecule has 96 valence electrons. The maximum atomic E-state index is 5.99. The molecule has 0 aliphatic carbocycles. The van der Waals surface area contributed by atoms with Crippen molar-refractivity contribution in [3.8, 4) is 0 Å². The Bertz CT molecular complexity index is 347. The highest BCUT2D eigenvalue weighted by atomic mass is 15.2. The minimum Gasteiger partial charge on any atom is -0.329 e. The van der Waals surface area contributed by atoms with Crippen LogP contribution in [0.4, 0.5) is 0 Å². The van der Waals surface area contributed by atoms with Crippen LogP contribution in [0.15, 0.2) is 18.2 Å². The zero-order valence-corrected chi connectivity index (χ0v) is 11.7. The Balaban J connectivity index is 3.03. The van der Waals surface area contributed by atoms with E-state index >= 15 is 0 Å². The van der Waals surface area contributed by atoms with Gasteiger partial charge in [0.2, 0.25) is 0 Å². The second kappa shape index (κ2) is 6.77. The highest BCUT2D eigenvalue weighted by molar-refractivity contribution is 5.35. The molecule has 0 saturated heterocycles. The van der Waals surface area contributed by atoms with Crippen molar-refractivity contribution in [1.82, 2.24) is 4.90 Å². The van der Waals surface area contributed by atoms with Gasteiger partial charge in [0.15, 0.2) is 0 Å². The van der Waals surface area contributed by atoms with Gasteiger partial charge in [0.05, 0.1) is 0 Å². The highest BCUT2D eigenvalue weighted by Crippen LogP contribution is 2.24. The summed E-state index contributed by atoms with van der Waals surface area (Å²) >= 11 is 0. The summed E-state index contributed by atoms with van der Waals surface area (Å²) in [7, 11) is 0. The van der Waals surface area contributed by atoms with Crippen LogP contribution in [0.25, 0.3) is 0 Å². The first-order valence-electron chi connectivity index (χ1n) is 6.65. The van der Waals surface area contributed by atoms with Gasteiger partial charge < -0.3 is 5.73 Å². The molecule has 1 aromatic rings. The van der Waals surface area contributed by atoms with E-state index in [9.17, 15) is 0 Å². The number of hydrogen-bond acceptors (Lipinski definition) is 2. The van der Waals surface area contributed by atoms with Crippen molar-refractivity contribution >= 4 is 0 Å². The molecular weight excluding hydrogens is 208 g/mol. The Morgan fingerprint density at radius 2 is 1.94 bits per heavy atom. The van der Waals surface area contributed by atoms with Crippen molar-refractivity contribution in [2.24, 2.45) is 5.73 Å². The van der Waals surface area contributed by atoms with E-state index in [0.29, 0.717) is 12.6 Å². The monoisotopic (exact) mass is 234 g/mol. The van der Waals surface area contributed by atoms with Gasteiger partial charge in [-0.2, -0.15) is 0 Å². The smallest absolute Gasteiger partial charge is 0.0473 e. The summed E-state index contributed by atoms with van der Waals surface area (Å²) in [6, 6.07) is 6.89. The molecule has 0 fully saturated rings. The molecule has 1 aromatic carbocycles. The lowest BCUT2D eigenvalue weighted by molar-refractivity contribution is 0.212. The molecule has 1 atom stereocenters. The third kappa shape index (κ3) is 3.30. The van der Waals surface area contributed by atoms with Crippen LogP contribution in [0, 0.1) is 13.8 Å². The first kappa shape index (κ1) is 14.2. The predicted molar refractivity (Wildman–Crippen MR) is 75.2 cm³/mol. The minimum absolute atomic E-state index is 0.361. The van der Waals surface area contributed by atoms with Crippen molar-refractivity contribution < 1.29 is 0 Å². The average molecular weight is 234 g/mol. The van der Waals surface area contributed by atoms with E-state index in [1.54, 1.807) is 0 Å². The molecule has 0 amide bonds. The summed E-state index contributed by atoms with van der Waals surface area (Å²) in [6.07, 6.45) is 1.18. The molecule has 0 heterocycles. The standard InChI is InChI=1S/C15H26N2/c1-5-10-17(6-2)15(11-16)14-9-7-8-12(3)13(14)4/h7-9,15H,5-6,10-11,16H2,1-4H3. The molecule has 17 heavy (non-hydrogen) atoms. The second-order valence-electron chi connectivity index (χ2n) is 4.67. The van der Waals surface area contributed by atoms with E-state index in [4.69, 9.17) is 5.73 Å². The molecule has 1 unspecified atom stereocenters. The Hall–Kier alpha value is -0.860. The summed E-state index contributed by atoms with van der Waals surface area (Å²) < 4.78 is 0. The number of hydrogen-bond donors (Lipinski definition) is 1. The highest BCUT2D eigenvalue weighted by Gasteiger charge is 2.18. The van der Waals surface area contributed by atoms with E-state index in [1.165, 1.54) is 23.1 Å². The molecule has 2 N–H and O–H groups in total. The van der Waals surface area contributed by atoms with Gasteiger partial charge in [-0.05, 0) is 50.0 Å². The Labute approximate surface area is 106 Å². The maximum Gasteiger partial charge on any atom is 0.0473 e. The topological polar surface area (TPSA) is 29.3 Å². The van der Waals surface area contributed by atoms with Crippen LogP contribution < -0.4 is 5.73 Å². The van der Waals surface area contributed by atoms with E-state index in [0.717, 1.165) is 13.1 Å². The lowest BCUT2D eigenvalue weighted by Gasteiger charge is -2.31. The fourth-order valence-corrected chi connectivity index (χ4v) is 2.43. The zero-order valence-electron chi connectivity index (χ0n) is 11.7. The SMILES string of the molecule is CCCN(CC)C(CN)c1cccc(C)c1C. The quantitative estimate of drug-likeness (QED) is 0.819. The van der Waals surface area contributed by atoms with Gasteiger partial charge in [-0.1, -0.05) is 32.0 Å². The summed E-state index contributed by atoms with van der Waals surface area (Å²) in [6.45, 7) is 11.7. The van der Waals surface area contributed by atoms with Gasteiger partial charge in [-0.25, -0.2) is 0 Å². The molecule has 0 bridgehead atoms. The van der Waals surface area contributed by atoms with Gasteiger partial charge in [0.25, 0.3) is 0 Å². The summed E-state index contributed by atoms with van der Waals surface area (Å²) in [5.41, 5.74) is 10.1. The fraction of sp³-hybridized carbons (Fsp3) is 0.600. The van der Waals surface area contributed by atoms with E-state index in [2.05, 4.69) is 50.8 Å². The van der Waals surface area contributed by atoms with Gasteiger partial charge in [0.1, 0.15) is 0 Å². The lowest BCUT2D eigenvalue weighted by atomic mass is 9.96. The average Bonchev–Trinajstić information content (AvgIpc) is 2.34. The number of aryl methyl sites for hydroxylation is 1. The summed E-state index contributed by atoms with van der Waals surface area (Å²) in [5.74, 6) is 0. The molecular formula is C15H26N2. The third-order valence-electron chi connectivity index (χ3n) is 3.59. The van der Waals surface area contributed by atoms with E-state index < -0.39 is 0 Å². The molecule has 0 aromatic heterocycles. The number of likely N-dealkylation sites (N-methyl/N-ethyl adjacent to an activating group) is 1. The summed E-state index contributed by atoms with van der Waals surface area (Å²) in [4.78, 5) is 2.47. The fourth-order valence-electron chi connectivity index (χ4n) is 2.43. The first-order valence-corrected chi connectivity index (χ1v) is 6.65. The van der Waals surface area contributed by atoms with Gasteiger partial charge in [-0.15, -0.1) is 0 Å². The van der Waals surface area contributed by atoms with Gasteiger partial charge in [-0.3, -0.25) is 4.90 Å². The molecule has 2 heteroatoms. The molecule has 0 aliphatic heterocycles. The van der Waals surface area contributed by atoms with Crippen molar-refractivity contribution in [3.63, 3.8) is 0 Å². The number of nitrogens with zero attached hydrogens (tertiary/aromatic N) is 1. The molecule has 2 nitrogen and oxygen atoms in total. The van der Waals surface area contributed by atoms with Crippen LogP contribution >= 0.6 is 0 Å². The summed E-state index contributed by atoms with van der Waals surface area (Å²) in [5, 5.41) is 0. The van der Waals surface area contributed by atoms with Crippen LogP contribution in [0.1, 0.15) is 43.0 Å². The minimum atomic E-state index is 0.361. The largest absolute Gasteiger partial charge is 0.329 e. The number of rotatable bonds is 6. The van der Waals surface area contributed by atoms with Crippen molar-refractivity contribution in [3.05, 3.63) is 34.9 Å². The van der Waals surface area contributed by atoms with Crippen molar-refractivity contribution in [2.45, 2.75) is 40.2 Å². The Kier molecular flexibility index (Phi) is 5.66. The molecule has 1 rings (SSSR count). The van der Waals surface area contributed by atoms with Crippen LogP contribution in [0.2, 0.25) is 0 Å². The van der Waals surface area contributed by atoms with Crippen molar-refractivity contribution in [1.29, 1.82) is 0 Å². The normalized spacial score (nSPS) is 13.1. The molecule has 0 spiro atoms. The number of nitrogens with two attached hydrogens (primary N) is 1. The van der Waals surface area contributed by atoms with Crippen LogP contribution in [-0.2, 0) is 0 Å². The Morgan fingerprint density at radius 3 is 2.47 bits per heavy atom. The zero-order chi connectivity index (χ0) is 12.8. The number of benzene rings is 1. The maximum absolute atomic E-state index is 5.99. The second-order valence-corrected chi connectivity index (χ2v) is 4.67. The van der Waals surface area contributed by atoms with E-state index in [1.807, 2.05) is 0 Å². The van der Waals surface area contributed by atoms with Gasteiger partial charge >= 0.3 is 0 Å². The first-order chi connectivity index (χ1) is 8.15. The molecule has 0 aliphatic rings. The van der Waals surface area contributed by atoms with Crippen LogP contribution in [0.3, 0.4) is 0 Å². The van der Waals surface area contributed by atoms with Crippen LogP contribution in [-0.4, -0.2) is 24.5 Å².